The van der Waals surface area contributed by atoms with E-state index in [2.05, 4.69) is 12.2 Å². The molecule has 0 bridgehead atoms. The summed E-state index contributed by atoms with van der Waals surface area (Å²) >= 11 is 0. The minimum atomic E-state index is -0.189. The predicted octanol–water partition coefficient (Wildman–Crippen LogP) is 2.27. The number of hydrogen-bond acceptors (Lipinski definition) is 2. The molecular formula is C11H20O2. The summed E-state index contributed by atoms with van der Waals surface area (Å²) in [6.07, 6.45) is 9.91. The Balaban J connectivity index is 1.98. The van der Waals surface area contributed by atoms with Crippen LogP contribution in [0.15, 0.2) is 12.2 Å². The van der Waals surface area contributed by atoms with E-state index in [0.29, 0.717) is 6.10 Å². The van der Waals surface area contributed by atoms with Crippen LogP contribution in [0.25, 0.3) is 0 Å². The van der Waals surface area contributed by atoms with Gasteiger partial charge in [-0.15, -0.1) is 0 Å². The molecule has 0 aromatic carbocycles. The lowest BCUT2D eigenvalue weighted by molar-refractivity contribution is 0.0643. The highest BCUT2D eigenvalue weighted by atomic mass is 16.5. The van der Waals surface area contributed by atoms with Crippen molar-refractivity contribution in [2.75, 3.05) is 6.61 Å². The van der Waals surface area contributed by atoms with E-state index in [-0.39, 0.29) is 6.10 Å². The molecule has 0 aromatic rings. The van der Waals surface area contributed by atoms with Gasteiger partial charge in [-0.05, 0) is 39.0 Å². The molecule has 13 heavy (non-hydrogen) atoms. The molecule has 0 aliphatic heterocycles. The second-order valence-corrected chi connectivity index (χ2v) is 3.76. The molecule has 0 heterocycles. The number of rotatable bonds is 5. The topological polar surface area (TPSA) is 29.5 Å². The van der Waals surface area contributed by atoms with Crippen molar-refractivity contribution in [3.63, 3.8) is 0 Å². The molecule has 0 saturated carbocycles. The van der Waals surface area contributed by atoms with E-state index in [9.17, 15) is 0 Å². The SMILES string of the molecule is CC(O)CCCOC1C=CCCC1. The summed E-state index contributed by atoms with van der Waals surface area (Å²) in [6.45, 7) is 2.60. The van der Waals surface area contributed by atoms with E-state index in [0.717, 1.165) is 25.9 Å². The maximum atomic E-state index is 9.02. The second kappa shape index (κ2) is 6.17. The number of allylic oxidation sites excluding steroid dienone is 1. The summed E-state index contributed by atoms with van der Waals surface area (Å²) in [5.74, 6) is 0. The van der Waals surface area contributed by atoms with Crippen LogP contribution in [0.4, 0.5) is 0 Å². The van der Waals surface area contributed by atoms with Gasteiger partial charge in [-0.25, -0.2) is 0 Å². The Labute approximate surface area is 80.6 Å². The lowest BCUT2D eigenvalue weighted by Crippen LogP contribution is -2.14. The molecule has 1 N–H and O–H groups in total. The first-order chi connectivity index (χ1) is 6.29. The third kappa shape index (κ3) is 5.06. The van der Waals surface area contributed by atoms with E-state index in [1.807, 2.05) is 6.92 Å². The Hall–Kier alpha value is -0.340. The van der Waals surface area contributed by atoms with Crippen LogP contribution in [0.5, 0.6) is 0 Å². The fraction of sp³-hybridized carbons (Fsp3) is 0.818. The molecule has 0 radical (unpaired) electrons. The molecule has 0 amide bonds. The van der Waals surface area contributed by atoms with Gasteiger partial charge in [-0.3, -0.25) is 0 Å². The van der Waals surface area contributed by atoms with Crippen LogP contribution >= 0.6 is 0 Å². The van der Waals surface area contributed by atoms with Gasteiger partial charge in [0.05, 0.1) is 12.2 Å². The zero-order chi connectivity index (χ0) is 9.52. The van der Waals surface area contributed by atoms with Crippen molar-refractivity contribution in [2.24, 2.45) is 0 Å². The average molecular weight is 184 g/mol. The normalized spacial score (nSPS) is 24.6. The molecule has 2 unspecified atom stereocenters. The van der Waals surface area contributed by atoms with Crippen LogP contribution in [-0.4, -0.2) is 23.9 Å². The predicted molar refractivity (Wildman–Crippen MR) is 53.6 cm³/mol. The van der Waals surface area contributed by atoms with Gasteiger partial charge in [0.2, 0.25) is 0 Å². The number of aliphatic hydroxyl groups is 1. The van der Waals surface area contributed by atoms with Crippen molar-refractivity contribution >= 4 is 0 Å². The Morgan fingerprint density at radius 1 is 1.62 bits per heavy atom. The molecule has 0 saturated heterocycles. The molecule has 0 fully saturated rings. The van der Waals surface area contributed by atoms with Gasteiger partial charge in [0.15, 0.2) is 0 Å². The Morgan fingerprint density at radius 3 is 3.08 bits per heavy atom. The maximum Gasteiger partial charge on any atom is 0.0755 e. The van der Waals surface area contributed by atoms with E-state index < -0.39 is 0 Å². The van der Waals surface area contributed by atoms with Crippen LogP contribution in [-0.2, 0) is 4.74 Å². The van der Waals surface area contributed by atoms with Crippen LogP contribution in [0, 0.1) is 0 Å². The molecule has 1 rings (SSSR count). The number of hydrogen-bond donors (Lipinski definition) is 1. The van der Waals surface area contributed by atoms with Crippen LogP contribution in [0.2, 0.25) is 0 Å². The quantitative estimate of drug-likeness (QED) is 0.524. The van der Waals surface area contributed by atoms with Crippen molar-refractivity contribution in [1.82, 2.24) is 0 Å². The van der Waals surface area contributed by atoms with Crippen LogP contribution in [0.3, 0.4) is 0 Å². The third-order valence-electron chi connectivity index (χ3n) is 2.31. The fourth-order valence-electron chi connectivity index (χ4n) is 1.53. The maximum absolute atomic E-state index is 9.02. The van der Waals surface area contributed by atoms with Crippen molar-refractivity contribution in [3.8, 4) is 0 Å². The molecule has 76 valence electrons. The molecule has 2 nitrogen and oxygen atoms in total. The molecule has 0 spiro atoms. The van der Waals surface area contributed by atoms with Gasteiger partial charge in [-0.1, -0.05) is 12.2 Å². The number of ether oxygens (including phenoxy) is 1. The first kappa shape index (κ1) is 10.7. The Kier molecular flexibility index (Phi) is 5.09. The summed E-state index contributed by atoms with van der Waals surface area (Å²) in [5.41, 5.74) is 0. The van der Waals surface area contributed by atoms with Crippen LogP contribution < -0.4 is 0 Å². The van der Waals surface area contributed by atoms with E-state index in [1.165, 1.54) is 12.8 Å². The molecule has 2 heteroatoms. The Bertz CT molecular complexity index is 152. The number of aliphatic hydroxyl groups excluding tert-OH is 1. The van der Waals surface area contributed by atoms with E-state index in [4.69, 9.17) is 9.84 Å². The van der Waals surface area contributed by atoms with Crippen molar-refractivity contribution in [1.29, 1.82) is 0 Å². The molecule has 0 aromatic heterocycles. The van der Waals surface area contributed by atoms with Gasteiger partial charge in [0, 0.05) is 6.61 Å². The van der Waals surface area contributed by atoms with E-state index >= 15 is 0 Å². The zero-order valence-corrected chi connectivity index (χ0v) is 8.41. The second-order valence-electron chi connectivity index (χ2n) is 3.76. The third-order valence-corrected chi connectivity index (χ3v) is 2.31. The van der Waals surface area contributed by atoms with Crippen molar-refractivity contribution in [2.45, 2.75) is 51.2 Å². The highest BCUT2D eigenvalue weighted by molar-refractivity contribution is 4.93. The standard InChI is InChI=1S/C11H20O2/c1-10(12)6-5-9-13-11-7-3-2-4-8-11/h3,7,10-12H,2,4-6,8-9H2,1H3. The molecule has 2 atom stereocenters. The molecular weight excluding hydrogens is 164 g/mol. The largest absolute Gasteiger partial charge is 0.393 e. The van der Waals surface area contributed by atoms with Gasteiger partial charge in [0.25, 0.3) is 0 Å². The highest BCUT2D eigenvalue weighted by Gasteiger charge is 2.07. The van der Waals surface area contributed by atoms with Crippen molar-refractivity contribution < 1.29 is 9.84 Å². The summed E-state index contributed by atoms with van der Waals surface area (Å²) in [6, 6.07) is 0. The Morgan fingerprint density at radius 2 is 2.46 bits per heavy atom. The minimum Gasteiger partial charge on any atom is -0.393 e. The van der Waals surface area contributed by atoms with Gasteiger partial charge < -0.3 is 9.84 Å². The smallest absolute Gasteiger partial charge is 0.0755 e. The summed E-state index contributed by atoms with van der Waals surface area (Å²) < 4.78 is 5.64. The van der Waals surface area contributed by atoms with Gasteiger partial charge in [0.1, 0.15) is 0 Å². The lowest BCUT2D eigenvalue weighted by atomic mass is 10.1. The first-order valence-corrected chi connectivity index (χ1v) is 5.25. The van der Waals surface area contributed by atoms with Crippen LogP contribution in [0.1, 0.15) is 39.0 Å². The minimum absolute atomic E-state index is 0.189. The van der Waals surface area contributed by atoms with Crippen molar-refractivity contribution in [3.05, 3.63) is 12.2 Å². The fourth-order valence-corrected chi connectivity index (χ4v) is 1.53. The summed E-state index contributed by atoms with van der Waals surface area (Å²) in [4.78, 5) is 0. The molecule has 1 aliphatic rings. The monoisotopic (exact) mass is 184 g/mol. The molecule has 1 aliphatic carbocycles. The van der Waals surface area contributed by atoms with Gasteiger partial charge >= 0.3 is 0 Å². The summed E-state index contributed by atoms with van der Waals surface area (Å²) in [5, 5.41) is 9.02. The average Bonchev–Trinajstić information content (AvgIpc) is 2.14. The summed E-state index contributed by atoms with van der Waals surface area (Å²) in [7, 11) is 0. The van der Waals surface area contributed by atoms with E-state index in [1.54, 1.807) is 0 Å². The highest BCUT2D eigenvalue weighted by Crippen LogP contribution is 2.13. The lowest BCUT2D eigenvalue weighted by Gasteiger charge is -2.17. The zero-order valence-electron chi connectivity index (χ0n) is 8.41. The first-order valence-electron chi connectivity index (χ1n) is 5.25. The van der Waals surface area contributed by atoms with Gasteiger partial charge in [-0.2, -0.15) is 0 Å².